The van der Waals surface area contributed by atoms with Crippen molar-refractivity contribution in [3.05, 3.63) is 53.1 Å². The number of rotatable bonds is 12. The van der Waals surface area contributed by atoms with E-state index in [9.17, 15) is 14.7 Å². The molecule has 0 bridgehead atoms. The molecular formula is C27H33NO8. The number of aliphatic hydroxyl groups excluding tert-OH is 1. The second kappa shape index (κ2) is 12.3. The van der Waals surface area contributed by atoms with Crippen LogP contribution in [0.3, 0.4) is 0 Å². The molecule has 3 rings (SSSR count). The lowest BCUT2D eigenvalue weighted by atomic mass is 9.94. The SMILES string of the molecule is CCOc1ccc(/C(O)=C2\C(=O)C(=O)N(CCOC)C2c2ccc(OC)c(OCC)c2)c(OCC)c1. The number of carbonyl (C=O) groups excluding carboxylic acids is 2. The first-order valence-corrected chi connectivity index (χ1v) is 11.9. The van der Waals surface area contributed by atoms with Crippen molar-refractivity contribution in [3.63, 3.8) is 0 Å². The van der Waals surface area contributed by atoms with Gasteiger partial charge in [-0.2, -0.15) is 0 Å². The number of carbonyl (C=O) groups is 2. The molecule has 9 heteroatoms. The highest BCUT2D eigenvalue weighted by molar-refractivity contribution is 6.46. The maximum atomic E-state index is 13.3. The van der Waals surface area contributed by atoms with Gasteiger partial charge in [0.15, 0.2) is 11.5 Å². The van der Waals surface area contributed by atoms with Crippen LogP contribution in [0.1, 0.15) is 37.9 Å². The summed E-state index contributed by atoms with van der Waals surface area (Å²) in [5, 5.41) is 11.5. The fourth-order valence-corrected chi connectivity index (χ4v) is 4.15. The molecule has 1 amide bonds. The maximum Gasteiger partial charge on any atom is 0.295 e. The first-order chi connectivity index (χ1) is 17.4. The molecule has 0 aromatic heterocycles. The lowest BCUT2D eigenvalue weighted by Crippen LogP contribution is -2.32. The predicted molar refractivity (Wildman–Crippen MR) is 134 cm³/mol. The Morgan fingerprint density at radius 2 is 1.58 bits per heavy atom. The summed E-state index contributed by atoms with van der Waals surface area (Å²) >= 11 is 0. The van der Waals surface area contributed by atoms with Crippen LogP contribution < -0.4 is 18.9 Å². The number of hydrogen-bond donors (Lipinski definition) is 1. The zero-order valence-corrected chi connectivity index (χ0v) is 21.3. The van der Waals surface area contributed by atoms with Crippen LogP contribution in [0.4, 0.5) is 0 Å². The van der Waals surface area contributed by atoms with Gasteiger partial charge in [0.1, 0.15) is 17.3 Å². The van der Waals surface area contributed by atoms with Crippen molar-refractivity contribution in [1.82, 2.24) is 4.90 Å². The number of benzene rings is 2. The topological polar surface area (TPSA) is 104 Å². The molecular weight excluding hydrogens is 466 g/mol. The van der Waals surface area contributed by atoms with E-state index in [2.05, 4.69) is 0 Å². The van der Waals surface area contributed by atoms with Gasteiger partial charge in [-0.05, 0) is 50.6 Å². The molecule has 194 valence electrons. The highest BCUT2D eigenvalue weighted by atomic mass is 16.5. The van der Waals surface area contributed by atoms with Crippen molar-refractivity contribution in [3.8, 4) is 23.0 Å². The summed E-state index contributed by atoms with van der Waals surface area (Å²) in [5.74, 6) is 0.0256. The second-order valence-electron chi connectivity index (χ2n) is 7.85. The van der Waals surface area contributed by atoms with E-state index >= 15 is 0 Å². The third-order valence-electron chi connectivity index (χ3n) is 5.70. The Labute approximate surface area is 211 Å². The minimum absolute atomic E-state index is 0.0474. The molecule has 1 saturated heterocycles. The van der Waals surface area contributed by atoms with Gasteiger partial charge < -0.3 is 33.7 Å². The summed E-state index contributed by atoms with van der Waals surface area (Å²) in [6.07, 6.45) is 0. The molecule has 2 aromatic rings. The van der Waals surface area contributed by atoms with E-state index in [0.717, 1.165) is 0 Å². The van der Waals surface area contributed by atoms with Gasteiger partial charge in [0.05, 0.1) is 50.7 Å². The molecule has 1 unspecified atom stereocenters. The van der Waals surface area contributed by atoms with E-state index in [0.29, 0.717) is 48.4 Å². The van der Waals surface area contributed by atoms with Crippen LogP contribution in [0, 0.1) is 0 Å². The van der Waals surface area contributed by atoms with Crippen LogP contribution in [0.25, 0.3) is 5.76 Å². The molecule has 1 fully saturated rings. The molecule has 0 radical (unpaired) electrons. The fourth-order valence-electron chi connectivity index (χ4n) is 4.15. The number of nitrogens with zero attached hydrogens (tertiary/aromatic N) is 1. The number of aliphatic hydroxyl groups is 1. The molecule has 36 heavy (non-hydrogen) atoms. The van der Waals surface area contributed by atoms with E-state index < -0.39 is 17.7 Å². The molecule has 0 saturated carbocycles. The van der Waals surface area contributed by atoms with Crippen molar-refractivity contribution < 1.29 is 38.4 Å². The number of amides is 1. The van der Waals surface area contributed by atoms with Crippen LogP contribution in [0.2, 0.25) is 0 Å². The number of ether oxygens (including phenoxy) is 5. The molecule has 2 aromatic carbocycles. The lowest BCUT2D eigenvalue weighted by Gasteiger charge is -2.26. The standard InChI is InChI=1S/C27H33NO8/c1-6-34-18-10-11-19(21(16-18)35-7-2)25(29)23-24(28(13-14-32-4)27(31)26(23)30)17-9-12-20(33-5)22(15-17)36-8-3/h9-12,15-16,24,29H,6-8,13-14H2,1-5H3/b25-23+. The largest absolute Gasteiger partial charge is 0.507 e. The van der Waals surface area contributed by atoms with Gasteiger partial charge in [-0.15, -0.1) is 0 Å². The number of Topliss-reactive ketones (excluding diaryl/α,β-unsaturated/α-hetero) is 1. The van der Waals surface area contributed by atoms with Crippen LogP contribution in [0.15, 0.2) is 42.0 Å². The Morgan fingerprint density at radius 1 is 0.889 bits per heavy atom. The van der Waals surface area contributed by atoms with Crippen LogP contribution in [-0.2, 0) is 14.3 Å². The first kappa shape index (κ1) is 26.9. The molecule has 1 heterocycles. The Hall–Kier alpha value is -3.72. The average molecular weight is 500 g/mol. The number of likely N-dealkylation sites (tertiary alicyclic amines) is 1. The van der Waals surface area contributed by atoms with E-state index in [1.54, 1.807) is 36.4 Å². The van der Waals surface area contributed by atoms with Crippen LogP contribution in [-0.4, -0.2) is 68.9 Å². The highest BCUT2D eigenvalue weighted by Gasteiger charge is 2.46. The van der Waals surface area contributed by atoms with Gasteiger partial charge in [0.2, 0.25) is 0 Å². The van der Waals surface area contributed by atoms with Crippen LogP contribution >= 0.6 is 0 Å². The van der Waals surface area contributed by atoms with Crippen molar-refractivity contribution in [1.29, 1.82) is 0 Å². The molecule has 1 aliphatic rings. The monoisotopic (exact) mass is 499 g/mol. The van der Waals surface area contributed by atoms with Gasteiger partial charge >= 0.3 is 0 Å². The molecule has 9 nitrogen and oxygen atoms in total. The van der Waals surface area contributed by atoms with Gasteiger partial charge in [0.25, 0.3) is 11.7 Å². The minimum Gasteiger partial charge on any atom is -0.507 e. The van der Waals surface area contributed by atoms with Gasteiger partial charge in [0, 0.05) is 19.7 Å². The van der Waals surface area contributed by atoms with Crippen molar-refractivity contribution in [2.24, 2.45) is 0 Å². The summed E-state index contributed by atoms with van der Waals surface area (Å²) in [5.41, 5.74) is 0.822. The molecule has 0 aliphatic carbocycles. The average Bonchev–Trinajstić information content (AvgIpc) is 3.12. The van der Waals surface area contributed by atoms with E-state index in [4.69, 9.17) is 23.7 Å². The third kappa shape index (κ3) is 5.41. The normalized spacial score (nSPS) is 16.8. The molecule has 1 N–H and O–H groups in total. The Morgan fingerprint density at radius 3 is 2.22 bits per heavy atom. The Kier molecular flexibility index (Phi) is 9.19. The summed E-state index contributed by atoms with van der Waals surface area (Å²) in [6.45, 7) is 7.07. The maximum absolute atomic E-state index is 13.3. The van der Waals surface area contributed by atoms with Crippen LogP contribution in [0.5, 0.6) is 23.0 Å². The summed E-state index contributed by atoms with van der Waals surface area (Å²) in [4.78, 5) is 27.8. The highest BCUT2D eigenvalue weighted by Crippen LogP contribution is 2.43. The summed E-state index contributed by atoms with van der Waals surface area (Å²) in [7, 11) is 3.05. The predicted octanol–water partition coefficient (Wildman–Crippen LogP) is 3.96. The third-order valence-corrected chi connectivity index (χ3v) is 5.70. The fraction of sp³-hybridized carbons (Fsp3) is 0.407. The minimum atomic E-state index is -0.869. The van der Waals surface area contributed by atoms with E-state index in [1.807, 2.05) is 20.8 Å². The smallest absolute Gasteiger partial charge is 0.295 e. The van der Waals surface area contributed by atoms with E-state index in [1.165, 1.54) is 19.1 Å². The Balaban J connectivity index is 2.22. The molecule has 1 aliphatic heterocycles. The molecule has 0 spiro atoms. The second-order valence-corrected chi connectivity index (χ2v) is 7.85. The van der Waals surface area contributed by atoms with Crippen molar-refractivity contribution >= 4 is 17.4 Å². The first-order valence-electron chi connectivity index (χ1n) is 11.9. The Bertz CT molecular complexity index is 1130. The number of ketones is 1. The lowest BCUT2D eigenvalue weighted by molar-refractivity contribution is -0.140. The zero-order chi connectivity index (χ0) is 26.2. The number of hydrogen-bond acceptors (Lipinski definition) is 8. The van der Waals surface area contributed by atoms with Crippen molar-refractivity contribution in [2.45, 2.75) is 26.8 Å². The zero-order valence-electron chi connectivity index (χ0n) is 21.3. The summed E-state index contributed by atoms with van der Waals surface area (Å²) < 4.78 is 27.6. The van der Waals surface area contributed by atoms with Gasteiger partial charge in [-0.3, -0.25) is 9.59 Å². The molecule has 1 atom stereocenters. The number of methoxy groups -OCH3 is 2. The van der Waals surface area contributed by atoms with Gasteiger partial charge in [-0.25, -0.2) is 0 Å². The van der Waals surface area contributed by atoms with Crippen molar-refractivity contribution in [2.75, 3.05) is 47.2 Å². The quantitative estimate of drug-likeness (QED) is 0.266. The van der Waals surface area contributed by atoms with Gasteiger partial charge in [-0.1, -0.05) is 6.07 Å². The summed E-state index contributed by atoms with van der Waals surface area (Å²) in [6, 6.07) is 9.24. The van der Waals surface area contributed by atoms with E-state index in [-0.39, 0.29) is 30.0 Å².